The zero-order valence-corrected chi connectivity index (χ0v) is 11.1. The zero-order valence-electron chi connectivity index (χ0n) is 11.1. The number of aromatic carboxylic acids is 1. The molecule has 1 aliphatic carbocycles. The van der Waals surface area contributed by atoms with Crippen molar-refractivity contribution in [3.05, 3.63) is 46.8 Å². The van der Waals surface area contributed by atoms with Gasteiger partial charge in [-0.2, -0.15) is 5.26 Å². The minimum atomic E-state index is -0.893. The standard InChI is InChI=1S/C16H14N2O2/c1-9-13(11-4-2-10(8-17)3-5-11)14(16(19)20)15(18-9)12-6-7-12/h2-5,12,18H,6-7H2,1H3,(H,19,20). The monoisotopic (exact) mass is 266 g/mol. The van der Waals surface area contributed by atoms with Gasteiger partial charge in [-0.1, -0.05) is 12.1 Å². The summed E-state index contributed by atoms with van der Waals surface area (Å²) in [6.45, 7) is 1.89. The minimum absolute atomic E-state index is 0.354. The van der Waals surface area contributed by atoms with Crippen LogP contribution in [0.4, 0.5) is 0 Å². The Bertz CT molecular complexity index is 716. The van der Waals surface area contributed by atoms with Crippen LogP contribution >= 0.6 is 0 Å². The molecule has 3 rings (SSSR count). The van der Waals surface area contributed by atoms with E-state index in [1.54, 1.807) is 24.3 Å². The van der Waals surface area contributed by atoms with Gasteiger partial charge in [-0.25, -0.2) is 4.79 Å². The number of rotatable bonds is 3. The van der Waals surface area contributed by atoms with E-state index in [1.165, 1.54) is 0 Å². The van der Waals surface area contributed by atoms with Gasteiger partial charge in [-0.05, 0) is 43.4 Å². The van der Waals surface area contributed by atoms with Crippen molar-refractivity contribution >= 4 is 5.97 Å². The highest BCUT2D eigenvalue weighted by Gasteiger charge is 2.32. The van der Waals surface area contributed by atoms with Crippen LogP contribution in [0.2, 0.25) is 0 Å². The first-order valence-corrected chi connectivity index (χ1v) is 6.58. The maximum absolute atomic E-state index is 11.6. The first-order valence-electron chi connectivity index (χ1n) is 6.58. The van der Waals surface area contributed by atoms with E-state index in [0.717, 1.165) is 35.4 Å². The van der Waals surface area contributed by atoms with Gasteiger partial charge in [0.2, 0.25) is 0 Å². The SMILES string of the molecule is Cc1[nH]c(C2CC2)c(C(=O)O)c1-c1ccc(C#N)cc1. The third-order valence-corrected chi connectivity index (χ3v) is 3.72. The van der Waals surface area contributed by atoms with Crippen molar-refractivity contribution in [2.75, 3.05) is 0 Å². The topological polar surface area (TPSA) is 76.9 Å². The van der Waals surface area contributed by atoms with E-state index < -0.39 is 5.97 Å². The molecule has 1 fully saturated rings. The number of nitriles is 1. The van der Waals surface area contributed by atoms with Gasteiger partial charge in [0.25, 0.3) is 0 Å². The predicted octanol–water partition coefficient (Wildman–Crippen LogP) is 3.44. The number of benzene rings is 1. The van der Waals surface area contributed by atoms with Crippen molar-refractivity contribution < 1.29 is 9.90 Å². The Morgan fingerprint density at radius 2 is 2.00 bits per heavy atom. The van der Waals surface area contributed by atoms with Crippen molar-refractivity contribution in [3.8, 4) is 17.2 Å². The normalized spacial score (nSPS) is 14.0. The highest BCUT2D eigenvalue weighted by atomic mass is 16.4. The van der Waals surface area contributed by atoms with Gasteiger partial charge in [0.05, 0.1) is 17.2 Å². The van der Waals surface area contributed by atoms with E-state index >= 15 is 0 Å². The number of aromatic nitrogens is 1. The number of carboxylic acid groups (broad SMARTS) is 1. The maximum atomic E-state index is 11.6. The van der Waals surface area contributed by atoms with Gasteiger partial charge < -0.3 is 10.1 Å². The van der Waals surface area contributed by atoms with E-state index in [9.17, 15) is 9.90 Å². The number of hydrogen-bond donors (Lipinski definition) is 2. The fourth-order valence-corrected chi connectivity index (χ4v) is 2.62. The molecule has 20 heavy (non-hydrogen) atoms. The summed E-state index contributed by atoms with van der Waals surface area (Å²) in [7, 11) is 0. The molecular weight excluding hydrogens is 252 g/mol. The number of carboxylic acids is 1. The summed E-state index contributed by atoms with van der Waals surface area (Å²) < 4.78 is 0. The lowest BCUT2D eigenvalue weighted by Gasteiger charge is -2.04. The molecule has 1 aromatic heterocycles. The molecule has 0 unspecified atom stereocenters. The average molecular weight is 266 g/mol. The number of aryl methyl sites for hydroxylation is 1. The molecule has 1 aromatic carbocycles. The summed E-state index contributed by atoms with van der Waals surface area (Å²) in [6.07, 6.45) is 2.10. The van der Waals surface area contributed by atoms with Crippen LogP contribution in [-0.4, -0.2) is 16.1 Å². The lowest BCUT2D eigenvalue weighted by atomic mass is 9.98. The minimum Gasteiger partial charge on any atom is -0.478 e. The van der Waals surface area contributed by atoms with Crippen molar-refractivity contribution in [2.24, 2.45) is 0 Å². The summed E-state index contributed by atoms with van der Waals surface area (Å²) in [5.74, 6) is -0.539. The molecule has 100 valence electrons. The van der Waals surface area contributed by atoms with E-state index in [4.69, 9.17) is 5.26 Å². The molecule has 0 radical (unpaired) electrons. The average Bonchev–Trinajstić information content (AvgIpc) is 3.22. The van der Waals surface area contributed by atoms with Crippen LogP contribution in [0.3, 0.4) is 0 Å². The van der Waals surface area contributed by atoms with Crippen molar-refractivity contribution in [1.82, 2.24) is 4.98 Å². The lowest BCUT2D eigenvalue weighted by Crippen LogP contribution is -2.01. The molecule has 4 nitrogen and oxygen atoms in total. The second kappa shape index (κ2) is 4.53. The summed E-state index contributed by atoms with van der Waals surface area (Å²) in [5.41, 5.74) is 4.24. The number of nitrogens with zero attached hydrogens (tertiary/aromatic N) is 1. The lowest BCUT2D eigenvalue weighted by molar-refractivity contribution is 0.0696. The molecular formula is C16H14N2O2. The van der Waals surface area contributed by atoms with E-state index in [0.29, 0.717) is 17.0 Å². The second-order valence-electron chi connectivity index (χ2n) is 5.18. The van der Waals surface area contributed by atoms with Crippen molar-refractivity contribution in [1.29, 1.82) is 5.26 Å². The summed E-state index contributed by atoms with van der Waals surface area (Å²) in [5, 5.41) is 18.4. The number of aromatic amines is 1. The zero-order chi connectivity index (χ0) is 14.3. The van der Waals surface area contributed by atoms with Crippen LogP contribution in [0, 0.1) is 18.3 Å². The number of nitrogens with one attached hydrogen (secondary N) is 1. The van der Waals surface area contributed by atoms with Gasteiger partial charge in [0.1, 0.15) is 0 Å². The Hall–Kier alpha value is -2.54. The molecule has 1 aliphatic rings. The Balaban J connectivity index is 2.16. The van der Waals surface area contributed by atoms with Crippen LogP contribution in [0.5, 0.6) is 0 Å². The molecule has 2 aromatic rings. The fourth-order valence-electron chi connectivity index (χ4n) is 2.62. The van der Waals surface area contributed by atoms with Crippen LogP contribution < -0.4 is 0 Å². The third-order valence-electron chi connectivity index (χ3n) is 3.72. The van der Waals surface area contributed by atoms with Gasteiger partial charge in [-0.15, -0.1) is 0 Å². The maximum Gasteiger partial charge on any atom is 0.338 e. The Kier molecular flexibility index (Phi) is 2.83. The molecule has 0 bridgehead atoms. The van der Waals surface area contributed by atoms with Crippen LogP contribution in [0.1, 0.15) is 46.1 Å². The number of carbonyl (C=O) groups is 1. The molecule has 1 heterocycles. The van der Waals surface area contributed by atoms with Crippen molar-refractivity contribution in [2.45, 2.75) is 25.7 Å². The third kappa shape index (κ3) is 1.97. The van der Waals surface area contributed by atoms with Crippen LogP contribution in [0.15, 0.2) is 24.3 Å². The molecule has 0 saturated heterocycles. The molecule has 0 amide bonds. The van der Waals surface area contributed by atoms with Crippen LogP contribution in [-0.2, 0) is 0 Å². The summed E-state index contributed by atoms with van der Waals surface area (Å²) in [4.78, 5) is 14.9. The highest BCUT2D eigenvalue weighted by Crippen LogP contribution is 2.44. The molecule has 0 spiro atoms. The molecule has 2 N–H and O–H groups in total. The van der Waals surface area contributed by atoms with Crippen molar-refractivity contribution in [3.63, 3.8) is 0 Å². The number of hydrogen-bond acceptors (Lipinski definition) is 2. The van der Waals surface area contributed by atoms with Gasteiger partial charge in [-0.3, -0.25) is 0 Å². The predicted molar refractivity (Wildman–Crippen MR) is 74.6 cm³/mol. The van der Waals surface area contributed by atoms with Crippen LogP contribution in [0.25, 0.3) is 11.1 Å². The Morgan fingerprint density at radius 1 is 1.35 bits per heavy atom. The molecule has 0 aliphatic heterocycles. The van der Waals surface area contributed by atoms with Gasteiger partial charge in [0, 0.05) is 17.0 Å². The van der Waals surface area contributed by atoms with E-state index in [2.05, 4.69) is 11.1 Å². The number of H-pyrrole nitrogens is 1. The Labute approximate surface area is 116 Å². The Morgan fingerprint density at radius 3 is 2.50 bits per heavy atom. The summed E-state index contributed by atoms with van der Waals surface area (Å²) >= 11 is 0. The molecule has 4 heteroatoms. The highest BCUT2D eigenvalue weighted by molar-refractivity contribution is 5.98. The van der Waals surface area contributed by atoms with E-state index in [1.807, 2.05) is 6.92 Å². The first-order chi connectivity index (χ1) is 9.61. The molecule has 1 saturated carbocycles. The van der Waals surface area contributed by atoms with Gasteiger partial charge >= 0.3 is 5.97 Å². The first kappa shape index (κ1) is 12.5. The summed E-state index contributed by atoms with van der Waals surface area (Å²) in [6, 6.07) is 9.10. The van der Waals surface area contributed by atoms with Gasteiger partial charge in [0.15, 0.2) is 0 Å². The molecule has 0 atom stereocenters. The largest absolute Gasteiger partial charge is 0.478 e. The smallest absolute Gasteiger partial charge is 0.338 e. The quantitative estimate of drug-likeness (QED) is 0.893. The van der Waals surface area contributed by atoms with E-state index in [-0.39, 0.29) is 0 Å². The second-order valence-corrected chi connectivity index (χ2v) is 5.18. The fraction of sp³-hybridized carbons (Fsp3) is 0.250.